The van der Waals surface area contributed by atoms with Crippen molar-refractivity contribution in [2.24, 2.45) is 4.99 Å². The van der Waals surface area contributed by atoms with Gasteiger partial charge in [-0.3, -0.25) is 19.1 Å². The number of halogens is 3. The van der Waals surface area contributed by atoms with Crippen LogP contribution in [0.5, 0.6) is 0 Å². The number of rotatable bonds is 5. The Morgan fingerprint density at radius 1 is 1.16 bits per heavy atom. The first kappa shape index (κ1) is 25.6. The Hall–Kier alpha value is -4.46. The molecule has 0 radical (unpaired) electrons. The summed E-state index contributed by atoms with van der Waals surface area (Å²) >= 11 is 0. The highest BCUT2D eigenvalue weighted by Gasteiger charge is 2.36. The number of carboxylic acid groups (broad SMARTS) is 1. The molecule has 1 N–H and O–H groups in total. The van der Waals surface area contributed by atoms with Crippen LogP contribution in [-0.4, -0.2) is 38.5 Å². The SMILES string of the molecule is Cc1c(C2=NC(C)(C)CN2c2ccc(C#N)cc2)nc(CC(=O)O)c(=O)n1-c1cccc(C(F)(F)F)c1. The first-order valence-electron chi connectivity index (χ1n) is 11.2. The van der Waals surface area contributed by atoms with Gasteiger partial charge in [0.05, 0.1) is 34.8 Å². The summed E-state index contributed by atoms with van der Waals surface area (Å²) in [5.41, 5.74) is -1.27. The van der Waals surface area contributed by atoms with Gasteiger partial charge in [-0.05, 0) is 63.2 Å². The molecule has 8 nitrogen and oxygen atoms in total. The maximum absolute atomic E-state index is 13.4. The van der Waals surface area contributed by atoms with Gasteiger partial charge in [0.25, 0.3) is 5.56 Å². The van der Waals surface area contributed by atoms with Gasteiger partial charge in [-0.25, -0.2) is 4.98 Å². The molecule has 0 amide bonds. The van der Waals surface area contributed by atoms with Crippen LogP contribution in [0.15, 0.2) is 58.3 Å². The molecular formula is C26H22F3N5O3. The van der Waals surface area contributed by atoms with Gasteiger partial charge in [0.1, 0.15) is 11.4 Å². The second kappa shape index (κ2) is 9.20. The van der Waals surface area contributed by atoms with E-state index in [1.807, 2.05) is 18.7 Å². The highest BCUT2D eigenvalue weighted by Crippen LogP contribution is 2.32. The molecule has 2 aromatic carbocycles. The Balaban J connectivity index is 1.97. The number of alkyl halides is 3. The van der Waals surface area contributed by atoms with E-state index < -0.39 is 35.2 Å². The highest BCUT2D eigenvalue weighted by molar-refractivity contribution is 6.11. The molecule has 4 rings (SSSR count). The monoisotopic (exact) mass is 509 g/mol. The van der Waals surface area contributed by atoms with Crippen molar-refractivity contribution < 1.29 is 23.1 Å². The fourth-order valence-electron chi connectivity index (χ4n) is 4.21. The van der Waals surface area contributed by atoms with Crippen LogP contribution in [0.1, 0.15) is 42.1 Å². The van der Waals surface area contributed by atoms with Gasteiger partial charge in [0.15, 0.2) is 5.84 Å². The van der Waals surface area contributed by atoms with Crippen molar-refractivity contribution in [2.45, 2.75) is 38.9 Å². The summed E-state index contributed by atoms with van der Waals surface area (Å²) in [6.45, 7) is 5.70. The number of aliphatic imine (C=N–C) groups is 1. The third-order valence-electron chi connectivity index (χ3n) is 5.85. The zero-order valence-electron chi connectivity index (χ0n) is 20.2. The minimum absolute atomic E-state index is 0.0737. The van der Waals surface area contributed by atoms with Crippen molar-refractivity contribution in [3.05, 3.63) is 87.1 Å². The molecule has 37 heavy (non-hydrogen) atoms. The van der Waals surface area contributed by atoms with Gasteiger partial charge in [0.2, 0.25) is 0 Å². The number of carbonyl (C=O) groups is 1. The molecule has 2 heterocycles. The van der Waals surface area contributed by atoms with E-state index in [9.17, 15) is 27.9 Å². The van der Waals surface area contributed by atoms with E-state index in [0.29, 0.717) is 23.6 Å². The Kier molecular flexibility index (Phi) is 6.37. The van der Waals surface area contributed by atoms with Crippen LogP contribution >= 0.6 is 0 Å². The molecule has 1 aromatic heterocycles. The van der Waals surface area contributed by atoms with Crippen LogP contribution in [-0.2, 0) is 17.4 Å². The van der Waals surface area contributed by atoms with E-state index in [2.05, 4.69) is 11.1 Å². The van der Waals surface area contributed by atoms with E-state index in [1.54, 1.807) is 24.3 Å². The lowest BCUT2D eigenvalue weighted by Crippen LogP contribution is -2.36. The summed E-state index contributed by atoms with van der Waals surface area (Å²) in [5.74, 6) is -0.979. The molecule has 190 valence electrons. The average molecular weight is 509 g/mol. The van der Waals surface area contributed by atoms with Gasteiger partial charge < -0.3 is 10.0 Å². The second-order valence-corrected chi connectivity index (χ2v) is 9.24. The first-order valence-corrected chi connectivity index (χ1v) is 11.2. The third kappa shape index (κ3) is 5.09. The lowest BCUT2D eigenvalue weighted by atomic mass is 10.1. The molecular weight excluding hydrogens is 487 g/mol. The standard InChI is InChI=1S/C26H22F3N5O3/c1-15-22(23-32-25(2,3)14-33(23)18-9-7-16(13-30)8-10-18)31-20(12-21(35)36)24(37)34(15)19-6-4-5-17(11-19)26(27,28)29/h4-11H,12,14H2,1-3H3,(H,35,36). The number of hydrogen-bond donors (Lipinski definition) is 1. The molecule has 0 fully saturated rings. The number of aliphatic carboxylic acids is 1. The predicted octanol–water partition coefficient (Wildman–Crippen LogP) is 4.10. The molecule has 0 saturated carbocycles. The molecule has 0 saturated heterocycles. The number of nitrogens with zero attached hydrogens (tertiary/aromatic N) is 5. The second-order valence-electron chi connectivity index (χ2n) is 9.24. The van der Waals surface area contributed by atoms with Gasteiger partial charge in [-0.1, -0.05) is 6.07 Å². The quantitative estimate of drug-likeness (QED) is 0.554. The van der Waals surface area contributed by atoms with Gasteiger partial charge >= 0.3 is 12.1 Å². The molecule has 0 spiro atoms. The van der Waals surface area contributed by atoms with Crippen LogP contribution in [0.3, 0.4) is 0 Å². The van der Waals surface area contributed by atoms with Crippen LogP contribution in [0.2, 0.25) is 0 Å². The van der Waals surface area contributed by atoms with Crippen molar-refractivity contribution in [2.75, 3.05) is 11.4 Å². The maximum atomic E-state index is 13.4. The summed E-state index contributed by atoms with van der Waals surface area (Å²) in [7, 11) is 0. The first-order chi connectivity index (χ1) is 17.3. The van der Waals surface area contributed by atoms with Crippen LogP contribution in [0.25, 0.3) is 5.69 Å². The highest BCUT2D eigenvalue weighted by atomic mass is 19.4. The van der Waals surface area contributed by atoms with Crippen LogP contribution in [0, 0.1) is 18.3 Å². The van der Waals surface area contributed by atoms with Crippen LogP contribution < -0.4 is 10.5 Å². The van der Waals surface area contributed by atoms with Crippen molar-refractivity contribution >= 4 is 17.5 Å². The number of nitriles is 1. The van der Waals surface area contributed by atoms with Crippen LogP contribution in [0.4, 0.5) is 18.9 Å². The summed E-state index contributed by atoms with van der Waals surface area (Å²) in [6.07, 6.45) is -5.36. The summed E-state index contributed by atoms with van der Waals surface area (Å²) in [5, 5.41) is 18.5. The molecule has 1 aliphatic heterocycles. The Bertz CT molecular complexity index is 1520. The molecule has 0 aliphatic carbocycles. The van der Waals surface area contributed by atoms with Crippen molar-refractivity contribution in [1.82, 2.24) is 9.55 Å². The van der Waals surface area contributed by atoms with Gasteiger partial charge in [-0.15, -0.1) is 0 Å². The molecule has 3 aromatic rings. The number of benzene rings is 2. The van der Waals surface area contributed by atoms with Gasteiger partial charge in [0, 0.05) is 17.9 Å². The smallest absolute Gasteiger partial charge is 0.416 e. The number of anilines is 1. The van der Waals surface area contributed by atoms with Gasteiger partial charge in [-0.2, -0.15) is 18.4 Å². The number of aromatic nitrogens is 2. The van der Waals surface area contributed by atoms with Crippen molar-refractivity contribution in [1.29, 1.82) is 5.26 Å². The average Bonchev–Trinajstić information content (AvgIpc) is 3.15. The normalized spacial score (nSPS) is 14.8. The number of hydrogen-bond acceptors (Lipinski definition) is 6. The van der Waals surface area contributed by atoms with E-state index in [0.717, 1.165) is 16.7 Å². The Labute approximate surface area is 210 Å². The summed E-state index contributed by atoms with van der Waals surface area (Å²) in [6, 6.07) is 13.0. The largest absolute Gasteiger partial charge is 0.481 e. The molecule has 11 heteroatoms. The minimum atomic E-state index is -4.64. The van der Waals surface area contributed by atoms with E-state index in [4.69, 9.17) is 10.3 Å². The lowest BCUT2D eigenvalue weighted by Gasteiger charge is -2.24. The summed E-state index contributed by atoms with van der Waals surface area (Å²) in [4.78, 5) is 35.7. The molecule has 0 unspecified atom stereocenters. The minimum Gasteiger partial charge on any atom is -0.481 e. The zero-order chi connectivity index (χ0) is 27.1. The Morgan fingerprint density at radius 2 is 1.84 bits per heavy atom. The fourth-order valence-corrected chi connectivity index (χ4v) is 4.21. The number of carboxylic acids is 1. The molecule has 0 bridgehead atoms. The summed E-state index contributed by atoms with van der Waals surface area (Å²) < 4.78 is 41.3. The van der Waals surface area contributed by atoms with Crippen molar-refractivity contribution in [3.8, 4) is 11.8 Å². The van der Waals surface area contributed by atoms with Crippen molar-refractivity contribution in [3.63, 3.8) is 0 Å². The zero-order valence-corrected chi connectivity index (χ0v) is 20.2. The Morgan fingerprint density at radius 3 is 2.43 bits per heavy atom. The third-order valence-corrected chi connectivity index (χ3v) is 5.85. The molecule has 1 aliphatic rings. The number of amidine groups is 1. The van der Waals surface area contributed by atoms with E-state index >= 15 is 0 Å². The lowest BCUT2D eigenvalue weighted by molar-refractivity contribution is -0.138. The predicted molar refractivity (Wildman–Crippen MR) is 130 cm³/mol. The van der Waals surface area contributed by atoms with E-state index in [1.165, 1.54) is 19.1 Å². The molecule has 0 atom stereocenters. The fraction of sp³-hybridized carbons (Fsp3) is 0.269. The maximum Gasteiger partial charge on any atom is 0.416 e. The topological polar surface area (TPSA) is 112 Å². The van der Waals surface area contributed by atoms with E-state index in [-0.39, 0.29) is 22.8 Å².